The first-order valence-electron chi connectivity index (χ1n) is 7.07. The van der Waals surface area contributed by atoms with E-state index in [1.165, 1.54) is 12.8 Å². The second kappa shape index (κ2) is 6.50. The van der Waals surface area contributed by atoms with Gasteiger partial charge in [0, 0.05) is 44.7 Å². The van der Waals surface area contributed by atoms with E-state index in [1.54, 1.807) is 0 Å². The topological polar surface area (TPSA) is 78.6 Å². The molecule has 0 aromatic rings. The molecule has 1 aliphatic heterocycles. The molecular weight excluding hydrogens is 230 g/mol. The Kier molecular flexibility index (Phi) is 4.97. The summed E-state index contributed by atoms with van der Waals surface area (Å²) in [5.74, 6) is -0.185. The van der Waals surface area contributed by atoms with Gasteiger partial charge in [0.2, 0.25) is 0 Å². The number of nitrogens with zero attached hydrogens (tertiary/aromatic N) is 1. The third kappa shape index (κ3) is 4.55. The highest BCUT2D eigenvalue weighted by atomic mass is 16.4. The standard InChI is InChI=1S/C13H25N3O2/c14-5-6-16-8-10(1-4-13(17)18)7-12(9-16)15-11-2-3-11/h10-12,15H,1-9,14H2,(H,17,18). The van der Waals surface area contributed by atoms with Gasteiger partial charge in [-0.1, -0.05) is 0 Å². The molecule has 0 aromatic heterocycles. The van der Waals surface area contributed by atoms with E-state index < -0.39 is 5.97 Å². The van der Waals surface area contributed by atoms with Crippen molar-refractivity contribution in [2.24, 2.45) is 11.7 Å². The second-order valence-corrected chi connectivity index (χ2v) is 5.72. The van der Waals surface area contributed by atoms with Crippen LogP contribution in [0.1, 0.15) is 32.1 Å². The summed E-state index contributed by atoms with van der Waals surface area (Å²) >= 11 is 0. The molecule has 0 amide bonds. The number of carboxylic acids is 1. The number of hydrogen-bond acceptors (Lipinski definition) is 4. The van der Waals surface area contributed by atoms with Crippen LogP contribution < -0.4 is 11.1 Å². The quantitative estimate of drug-likeness (QED) is 0.608. The summed E-state index contributed by atoms with van der Waals surface area (Å²) in [5.41, 5.74) is 5.63. The average molecular weight is 255 g/mol. The van der Waals surface area contributed by atoms with Crippen molar-refractivity contribution in [2.75, 3.05) is 26.2 Å². The van der Waals surface area contributed by atoms with Gasteiger partial charge in [0.05, 0.1) is 0 Å². The number of hydrogen-bond donors (Lipinski definition) is 3. The van der Waals surface area contributed by atoms with Crippen molar-refractivity contribution < 1.29 is 9.90 Å². The van der Waals surface area contributed by atoms with Crippen molar-refractivity contribution in [3.8, 4) is 0 Å². The fraction of sp³-hybridized carbons (Fsp3) is 0.923. The van der Waals surface area contributed by atoms with Crippen LogP contribution in [0.25, 0.3) is 0 Å². The highest BCUT2D eigenvalue weighted by molar-refractivity contribution is 5.66. The maximum atomic E-state index is 10.7. The van der Waals surface area contributed by atoms with Gasteiger partial charge in [0.15, 0.2) is 0 Å². The summed E-state index contributed by atoms with van der Waals surface area (Å²) in [5, 5.41) is 12.5. The second-order valence-electron chi connectivity index (χ2n) is 5.72. The van der Waals surface area contributed by atoms with Gasteiger partial charge in [-0.15, -0.1) is 0 Å². The molecule has 5 nitrogen and oxygen atoms in total. The first-order chi connectivity index (χ1) is 8.67. The molecule has 2 rings (SSSR count). The summed E-state index contributed by atoms with van der Waals surface area (Å²) < 4.78 is 0. The number of carbonyl (C=O) groups is 1. The van der Waals surface area contributed by atoms with Crippen LogP contribution in [0, 0.1) is 5.92 Å². The largest absolute Gasteiger partial charge is 0.481 e. The number of likely N-dealkylation sites (tertiary alicyclic amines) is 1. The zero-order valence-corrected chi connectivity index (χ0v) is 11.0. The van der Waals surface area contributed by atoms with Crippen molar-refractivity contribution in [3.63, 3.8) is 0 Å². The van der Waals surface area contributed by atoms with Gasteiger partial charge in [-0.05, 0) is 31.6 Å². The third-order valence-electron chi connectivity index (χ3n) is 3.87. The number of aliphatic carboxylic acids is 1. The van der Waals surface area contributed by atoms with Crippen LogP contribution >= 0.6 is 0 Å². The molecule has 2 fully saturated rings. The number of rotatable bonds is 7. The maximum Gasteiger partial charge on any atom is 0.303 e. The maximum absolute atomic E-state index is 10.7. The predicted octanol–water partition coefficient (Wildman–Crippen LogP) is 0.252. The molecule has 104 valence electrons. The van der Waals surface area contributed by atoms with E-state index in [9.17, 15) is 4.79 Å². The summed E-state index contributed by atoms with van der Waals surface area (Å²) in [7, 11) is 0. The van der Waals surface area contributed by atoms with Crippen LogP contribution in [0.15, 0.2) is 0 Å². The Balaban J connectivity index is 1.81. The summed E-state index contributed by atoms with van der Waals surface area (Å²) in [6, 6.07) is 1.24. The summed E-state index contributed by atoms with van der Waals surface area (Å²) in [6.45, 7) is 3.68. The fourth-order valence-electron chi connectivity index (χ4n) is 2.91. The molecule has 1 aliphatic carbocycles. The zero-order valence-electron chi connectivity index (χ0n) is 11.0. The molecule has 0 bridgehead atoms. The van der Waals surface area contributed by atoms with Gasteiger partial charge in [0.25, 0.3) is 0 Å². The first-order valence-corrected chi connectivity index (χ1v) is 7.07. The van der Waals surface area contributed by atoms with Crippen LogP contribution in [-0.2, 0) is 4.79 Å². The molecule has 2 aliphatic rings. The van der Waals surface area contributed by atoms with Gasteiger partial charge < -0.3 is 21.1 Å². The van der Waals surface area contributed by atoms with Crippen molar-refractivity contribution in [1.29, 1.82) is 0 Å². The lowest BCUT2D eigenvalue weighted by atomic mass is 9.90. The molecule has 0 radical (unpaired) electrons. The predicted molar refractivity (Wildman–Crippen MR) is 70.4 cm³/mol. The van der Waals surface area contributed by atoms with Crippen LogP contribution in [0.4, 0.5) is 0 Å². The molecule has 1 saturated carbocycles. The molecule has 18 heavy (non-hydrogen) atoms. The minimum Gasteiger partial charge on any atom is -0.481 e. The lowest BCUT2D eigenvalue weighted by Gasteiger charge is -2.38. The highest BCUT2D eigenvalue weighted by Crippen LogP contribution is 2.25. The Labute approximate surface area is 109 Å². The Morgan fingerprint density at radius 1 is 1.33 bits per heavy atom. The highest BCUT2D eigenvalue weighted by Gasteiger charge is 2.31. The van der Waals surface area contributed by atoms with Crippen molar-refractivity contribution in [1.82, 2.24) is 10.2 Å². The first kappa shape index (κ1) is 13.8. The lowest BCUT2D eigenvalue weighted by Crippen LogP contribution is -2.51. The smallest absolute Gasteiger partial charge is 0.303 e. The molecular formula is C13H25N3O2. The number of nitrogens with two attached hydrogens (primary N) is 1. The molecule has 2 atom stereocenters. The van der Waals surface area contributed by atoms with Gasteiger partial charge in [0.1, 0.15) is 0 Å². The van der Waals surface area contributed by atoms with E-state index in [0.717, 1.165) is 32.5 Å². The lowest BCUT2D eigenvalue weighted by molar-refractivity contribution is -0.137. The molecule has 2 unspecified atom stereocenters. The van der Waals surface area contributed by atoms with Crippen molar-refractivity contribution >= 4 is 5.97 Å². The van der Waals surface area contributed by atoms with Gasteiger partial charge in [-0.3, -0.25) is 4.79 Å². The Bertz CT molecular complexity index is 281. The number of carboxylic acid groups (broad SMARTS) is 1. The van der Waals surface area contributed by atoms with Gasteiger partial charge in [-0.25, -0.2) is 0 Å². The third-order valence-corrected chi connectivity index (χ3v) is 3.87. The van der Waals surface area contributed by atoms with Crippen LogP contribution in [-0.4, -0.2) is 54.2 Å². The van der Waals surface area contributed by atoms with Crippen LogP contribution in [0.3, 0.4) is 0 Å². The van der Waals surface area contributed by atoms with Crippen molar-refractivity contribution in [3.05, 3.63) is 0 Å². The average Bonchev–Trinajstić information content (AvgIpc) is 3.10. The molecule has 4 N–H and O–H groups in total. The Hall–Kier alpha value is -0.650. The normalized spacial score (nSPS) is 29.4. The van der Waals surface area contributed by atoms with E-state index in [1.807, 2.05) is 0 Å². The Morgan fingerprint density at radius 3 is 2.72 bits per heavy atom. The summed E-state index contributed by atoms with van der Waals surface area (Å²) in [4.78, 5) is 13.1. The molecule has 1 heterocycles. The number of nitrogens with one attached hydrogen (secondary N) is 1. The molecule has 0 aromatic carbocycles. The molecule has 0 spiro atoms. The fourth-order valence-corrected chi connectivity index (χ4v) is 2.91. The van der Waals surface area contributed by atoms with E-state index in [2.05, 4.69) is 10.2 Å². The Morgan fingerprint density at radius 2 is 2.11 bits per heavy atom. The zero-order chi connectivity index (χ0) is 13.0. The van der Waals surface area contributed by atoms with Gasteiger partial charge in [-0.2, -0.15) is 0 Å². The van der Waals surface area contributed by atoms with E-state index in [-0.39, 0.29) is 6.42 Å². The van der Waals surface area contributed by atoms with Gasteiger partial charge >= 0.3 is 5.97 Å². The minimum absolute atomic E-state index is 0.289. The minimum atomic E-state index is -0.683. The monoisotopic (exact) mass is 255 g/mol. The number of piperidine rings is 1. The summed E-state index contributed by atoms with van der Waals surface area (Å²) in [6.07, 6.45) is 4.79. The van der Waals surface area contributed by atoms with Crippen LogP contribution in [0.2, 0.25) is 0 Å². The van der Waals surface area contributed by atoms with E-state index in [0.29, 0.717) is 24.5 Å². The molecule has 5 heteroatoms. The van der Waals surface area contributed by atoms with E-state index >= 15 is 0 Å². The molecule has 1 saturated heterocycles. The van der Waals surface area contributed by atoms with Crippen molar-refractivity contribution in [2.45, 2.75) is 44.2 Å². The SMILES string of the molecule is NCCN1CC(CCC(=O)O)CC(NC2CC2)C1. The van der Waals surface area contributed by atoms with Crippen LogP contribution in [0.5, 0.6) is 0 Å². The van der Waals surface area contributed by atoms with E-state index in [4.69, 9.17) is 10.8 Å².